The van der Waals surface area contributed by atoms with E-state index in [-0.39, 0.29) is 59.9 Å². The van der Waals surface area contributed by atoms with Gasteiger partial charge in [-0.2, -0.15) is 26.3 Å². The molecule has 21 heteroatoms. The van der Waals surface area contributed by atoms with E-state index in [4.69, 9.17) is 4.74 Å². The van der Waals surface area contributed by atoms with Crippen LogP contribution in [0.3, 0.4) is 0 Å². The van der Waals surface area contributed by atoms with Crippen molar-refractivity contribution in [2.24, 2.45) is 0 Å². The number of alkyl halides is 6. The lowest BCUT2D eigenvalue weighted by molar-refractivity contribution is -0.142. The summed E-state index contributed by atoms with van der Waals surface area (Å²) in [4.78, 5) is 78.5. The van der Waals surface area contributed by atoms with Crippen LogP contribution in [0.15, 0.2) is 140 Å². The molecule has 0 radical (unpaired) electrons. The molecule has 4 saturated heterocycles. The van der Waals surface area contributed by atoms with Crippen molar-refractivity contribution in [3.63, 3.8) is 0 Å². The van der Waals surface area contributed by atoms with Crippen LogP contribution in [0.5, 0.6) is 0 Å². The Labute approximate surface area is 481 Å². The lowest BCUT2D eigenvalue weighted by atomic mass is 10.0. The summed E-state index contributed by atoms with van der Waals surface area (Å²) in [5.74, 6) is -2.18. The average molecular weight is 1160 g/mol. The Bertz CT molecular complexity index is 2700. The Morgan fingerprint density at radius 1 is 0.482 bits per heavy atom. The number of Topliss-reactive ketones (excluding diaryl/α,β-unsaturated/α-hetero) is 1. The second-order valence-corrected chi connectivity index (χ2v) is 20.9. The number of likely N-dealkylation sites (tertiary alicyclic amines) is 2. The minimum absolute atomic E-state index is 0.00473. The normalized spacial score (nSPS) is 17.7. The van der Waals surface area contributed by atoms with Crippen LogP contribution in [0.2, 0.25) is 0 Å². The van der Waals surface area contributed by atoms with Gasteiger partial charge in [0.1, 0.15) is 12.4 Å². The lowest BCUT2D eigenvalue weighted by Gasteiger charge is -2.38. The highest BCUT2D eigenvalue weighted by Crippen LogP contribution is 2.31. The molecule has 2 atom stereocenters. The van der Waals surface area contributed by atoms with Crippen molar-refractivity contribution in [1.82, 2.24) is 31.1 Å². The van der Waals surface area contributed by atoms with E-state index in [1.165, 1.54) is 56.4 Å². The number of anilines is 2. The summed E-state index contributed by atoms with van der Waals surface area (Å²) in [5.41, 5.74) is 1.46. The van der Waals surface area contributed by atoms with Crippen LogP contribution in [-0.2, 0) is 42.9 Å². The van der Waals surface area contributed by atoms with E-state index in [1.807, 2.05) is 42.5 Å². The van der Waals surface area contributed by atoms with Gasteiger partial charge in [0.25, 0.3) is 11.8 Å². The summed E-state index contributed by atoms with van der Waals surface area (Å²) < 4.78 is 81.8. The molecule has 5 aromatic carbocycles. The second-order valence-electron chi connectivity index (χ2n) is 20.9. The maximum atomic E-state index is 12.8. The van der Waals surface area contributed by atoms with Gasteiger partial charge in [0.2, 0.25) is 11.8 Å². The van der Waals surface area contributed by atoms with Gasteiger partial charge in [0, 0.05) is 106 Å². The highest BCUT2D eigenvalue weighted by molar-refractivity contribution is 5.97. The Kier molecular flexibility index (Phi) is 24.5. The third-order valence-corrected chi connectivity index (χ3v) is 14.4. The quantitative estimate of drug-likeness (QED) is 0.0618. The number of hydrogen-bond acceptors (Lipinski definition) is 11. The number of amides is 4. The van der Waals surface area contributed by atoms with Gasteiger partial charge in [-0.3, -0.25) is 33.8 Å². The maximum Gasteiger partial charge on any atom is 0.416 e. The second kappa shape index (κ2) is 31.6. The molecule has 4 aliphatic heterocycles. The molecule has 4 fully saturated rings. The Morgan fingerprint density at radius 3 is 1.19 bits per heavy atom. The van der Waals surface area contributed by atoms with Crippen molar-refractivity contribution >= 4 is 46.8 Å². The molecular formula is C62H74F6N8O7. The van der Waals surface area contributed by atoms with Gasteiger partial charge in [-0.05, 0) is 119 Å². The Hall–Kier alpha value is -7.78. The number of halogens is 6. The number of benzene rings is 5. The summed E-state index contributed by atoms with van der Waals surface area (Å²) in [6.45, 7) is 11.7. The smallest absolute Gasteiger partial charge is 0.416 e. The summed E-state index contributed by atoms with van der Waals surface area (Å²) in [5, 5.41) is 10.7. The number of nitrogens with one attached hydrogen (secondary N) is 4. The van der Waals surface area contributed by atoms with E-state index >= 15 is 0 Å². The lowest BCUT2D eigenvalue weighted by Crippen LogP contribution is -2.46. The van der Waals surface area contributed by atoms with Crippen molar-refractivity contribution in [2.45, 2.75) is 102 Å². The molecule has 0 spiro atoms. The summed E-state index contributed by atoms with van der Waals surface area (Å²) >= 11 is 0. The van der Waals surface area contributed by atoms with E-state index < -0.39 is 35.3 Å². The van der Waals surface area contributed by atoms with Gasteiger partial charge < -0.3 is 40.6 Å². The number of carbonyl (C=O) groups is 6. The number of rotatable bonds is 14. The Balaban J connectivity index is 0.000000214. The maximum absolute atomic E-state index is 12.8. The minimum atomic E-state index is -4.53. The minimum Gasteiger partial charge on any atom is -0.461 e. The fourth-order valence-electron chi connectivity index (χ4n) is 10.2. The third kappa shape index (κ3) is 21.8. The van der Waals surface area contributed by atoms with Gasteiger partial charge in [-0.1, -0.05) is 78.9 Å². The molecular weight excluding hydrogens is 1080 g/mol. The molecule has 5 aromatic rings. The first-order valence-electron chi connectivity index (χ1n) is 27.8. The van der Waals surface area contributed by atoms with Crippen molar-refractivity contribution in [3.8, 4) is 0 Å². The highest BCUT2D eigenvalue weighted by atomic mass is 19.4. The molecule has 0 aliphatic carbocycles. The molecule has 446 valence electrons. The Morgan fingerprint density at radius 2 is 0.843 bits per heavy atom. The molecule has 0 saturated carbocycles. The van der Waals surface area contributed by atoms with Crippen LogP contribution in [0.1, 0.15) is 96.7 Å². The van der Waals surface area contributed by atoms with E-state index in [0.717, 1.165) is 121 Å². The van der Waals surface area contributed by atoms with E-state index in [0.29, 0.717) is 18.7 Å². The van der Waals surface area contributed by atoms with Crippen molar-refractivity contribution in [1.29, 1.82) is 0 Å². The summed E-state index contributed by atoms with van der Waals surface area (Å²) in [6.07, 6.45) is -3.09. The number of ether oxygens (including phenoxy) is 1. The number of carbonyl (C=O) groups excluding carboxylic acids is 6. The van der Waals surface area contributed by atoms with Crippen LogP contribution < -0.4 is 31.1 Å². The van der Waals surface area contributed by atoms with Crippen LogP contribution in [0.4, 0.5) is 37.7 Å². The molecule has 0 aromatic heterocycles. The van der Waals surface area contributed by atoms with Crippen LogP contribution in [0.25, 0.3) is 0 Å². The average Bonchev–Trinajstić information content (AvgIpc) is 4.40. The standard InChI is InChI=1S/2C25H29F3N4O2.C9H10O2.C3H6O/c2*26-25(27,28)19-6-4-5-18(15-19)24(34)29-16-23(33)30-20-9-12-32(17-20)22-10-13-31(14-11-22)21-7-2-1-3-8-21;1-8(10)11-7-9-5-3-2-4-6-9;1-3(2)4/h2*1-8,15,20,22H,9-14,16-17H2,(H,29,34)(H,30,33);2-6H,7H2,1H3;1-2H3/t2*20-;;/m11../s1. The number of hydrogen-bond donors (Lipinski definition) is 4. The number of ketones is 1. The van der Waals surface area contributed by atoms with E-state index in [9.17, 15) is 55.1 Å². The summed E-state index contributed by atoms with van der Waals surface area (Å²) in [7, 11) is 0. The first kappa shape index (κ1) is 64.4. The molecule has 0 bridgehead atoms. The predicted octanol–water partition coefficient (Wildman–Crippen LogP) is 8.93. The molecule has 4 aliphatic rings. The zero-order valence-corrected chi connectivity index (χ0v) is 47.0. The zero-order chi connectivity index (χ0) is 59.9. The zero-order valence-electron chi connectivity index (χ0n) is 47.0. The molecule has 9 rings (SSSR count). The van der Waals surface area contributed by atoms with Crippen molar-refractivity contribution in [2.75, 3.05) is 75.2 Å². The van der Waals surface area contributed by atoms with Gasteiger partial charge in [-0.25, -0.2) is 0 Å². The third-order valence-electron chi connectivity index (χ3n) is 14.4. The number of nitrogens with zero attached hydrogens (tertiary/aromatic N) is 4. The fraction of sp³-hybridized carbons (Fsp3) is 0.419. The molecule has 15 nitrogen and oxygen atoms in total. The first-order chi connectivity index (χ1) is 39.6. The van der Waals surface area contributed by atoms with Gasteiger partial charge in [0.05, 0.1) is 24.2 Å². The van der Waals surface area contributed by atoms with Gasteiger partial charge in [-0.15, -0.1) is 0 Å². The molecule has 4 heterocycles. The largest absolute Gasteiger partial charge is 0.461 e. The fourth-order valence-corrected chi connectivity index (χ4v) is 10.2. The number of para-hydroxylation sites is 2. The van der Waals surface area contributed by atoms with Gasteiger partial charge in [0.15, 0.2) is 0 Å². The predicted molar refractivity (Wildman–Crippen MR) is 305 cm³/mol. The van der Waals surface area contributed by atoms with Gasteiger partial charge >= 0.3 is 18.3 Å². The number of piperidine rings is 2. The molecule has 0 unspecified atom stereocenters. The molecule has 4 amide bonds. The molecule has 4 N–H and O–H groups in total. The number of esters is 1. The SMILES string of the molecule is CC(=O)OCc1ccccc1.CC(C)=O.O=C(CNC(=O)c1cccc(C(F)(F)F)c1)N[C@@H]1CCN(C2CCN(c3ccccc3)CC2)C1.O=C(CNC(=O)c1cccc(C(F)(F)F)c1)N[C@@H]1CCN(C2CCN(c3ccccc3)CC2)C1. The highest BCUT2D eigenvalue weighted by Gasteiger charge is 2.35. The monoisotopic (exact) mass is 1160 g/mol. The first-order valence-corrected chi connectivity index (χ1v) is 27.8. The van der Waals surface area contributed by atoms with Crippen LogP contribution >= 0.6 is 0 Å². The van der Waals surface area contributed by atoms with Crippen molar-refractivity contribution in [3.05, 3.63) is 167 Å². The summed E-state index contributed by atoms with van der Waals surface area (Å²) in [6, 6.07) is 39.7. The van der Waals surface area contributed by atoms with Crippen LogP contribution in [0, 0.1) is 0 Å². The topological polar surface area (TPSA) is 173 Å². The van der Waals surface area contributed by atoms with Crippen LogP contribution in [-0.4, -0.2) is 135 Å². The molecule has 83 heavy (non-hydrogen) atoms. The van der Waals surface area contributed by atoms with E-state index in [1.54, 1.807) is 0 Å². The van der Waals surface area contributed by atoms with Crippen molar-refractivity contribution < 1.29 is 59.8 Å². The van der Waals surface area contributed by atoms with E-state index in [2.05, 4.69) is 89.4 Å².